The van der Waals surface area contributed by atoms with Gasteiger partial charge in [0.2, 0.25) is 5.91 Å². The van der Waals surface area contributed by atoms with Gasteiger partial charge in [-0.1, -0.05) is 12.1 Å². The molecule has 0 spiro atoms. The van der Waals surface area contributed by atoms with Crippen molar-refractivity contribution in [3.8, 4) is 11.5 Å². The van der Waals surface area contributed by atoms with E-state index in [9.17, 15) is 31.5 Å². The molecule has 0 bridgehead atoms. The van der Waals surface area contributed by atoms with Crippen LogP contribution in [0.3, 0.4) is 0 Å². The van der Waals surface area contributed by atoms with Gasteiger partial charge in [-0.3, -0.25) is 9.59 Å². The van der Waals surface area contributed by atoms with Gasteiger partial charge in [0.15, 0.2) is 11.5 Å². The number of anilines is 1. The Morgan fingerprint density at radius 2 is 1.71 bits per heavy atom. The summed E-state index contributed by atoms with van der Waals surface area (Å²) >= 11 is 0. The number of nitrogens with one attached hydrogen (secondary N) is 1. The van der Waals surface area contributed by atoms with Crippen LogP contribution in [0.2, 0.25) is 0 Å². The molecule has 2 amide bonds. The number of nitrogens with zero attached hydrogens (tertiary/aromatic N) is 2. The van der Waals surface area contributed by atoms with Crippen LogP contribution in [0, 0.1) is 0 Å². The Kier molecular flexibility index (Phi) is 7.89. The van der Waals surface area contributed by atoms with Gasteiger partial charge in [-0.15, -0.1) is 0 Å². The highest BCUT2D eigenvalue weighted by Gasteiger charge is 2.63. The maximum absolute atomic E-state index is 13.2. The lowest BCUT2D eigenvalue weighted by Crippen LogP contribution is -2.47. The van der Waals surface area contributed by atoms with Gasteiger partial charge < -0.3 is 14.8 Å². The van der Waals surface area contributed by atoms with Crippen LogP contribution < -0.4 is 14.8 Å². The third-order valence-electron chi connectivity index (χ3n) is 6.38. The minimum atomic E-state index is -6.01. The Hall–Kier alpha value is -3.70. The van der Waals surface area contributed by atoms with Crippen LogP contribution in [0.15, 0.2) is 47.6 Å². The van der Waals surface area contributed by atoms with Crippen molar-refractivity contribution in [2.75, 3.05) is 12.4 Å². The number of hydrogen-bond acceptors (Lipinski definition) is 5. The average molecular weight is 540 g/mol. The van der Waals surface area contributed by atoms with E-state index in [4.69, 9.17) is 9.47 Å². The maximum Gasteiger partial charge on any atom is 0.463 e. The molecule has 0 radical (unpaired) electrons. The third kappa shape index (κ3) is 6.05. The number of halogens is 5. The summed E-state index contributed by atoms with van der Waals surface area (Å²) in [6.07, 6.45) is -1.07. The summed E-state index contributed by atoms with van der Waals surface area (Å²) in [4.78, 5) is 23.9. The SMILES string of the molecule is COc1ccc(C2=NN(Cc3ccc(NC(=O)C(F)(F)C(F)(F)F)cc3)C(=O)CC2)cc1OC1CCCC1. The van der Waals surface area contributed by atoms with Crippen LogP contribution in [0.4, 0.5) is 27.6 Å². The van der Waals surface area contributed by atoms with E-state index in [2.05, 4.69) is 5.10 Å². The van der Waals surface area contributed by atoms with Crippen LogP contribution in [0.1, 0.15) is 49.7 Å². The lowest BCUT2D eigenvalue weighted by Gasteiger charge is -2.24. The van der Waals surface area contributed by atoms with Crippen molar-refractivity contribution in [2.24, 2.45) is 5.10 Å². The Morgan fingerprint density at radius 1 is 1.03 bits per heavy atom. The van der Waals surface area contributed by atoms with Crippen molar-refractivity contribution in [2.45, 2.75) is 63.3 Å². The molecule has 1 heterocycles. The monoisotopic (exact) mass is 539 g/mol. The predicted molar refractivity (Wildman–Crippen MR) is 128 cm³/mol. The number of amides is 2. The van der Waals surface area contributed by atoms with Gasteiger partial charge in [0.05, 0.1) is 25.5 Å². The maximum atomic E-state index is 13.2. The third-order valence-corrected chi connectivity index (χ3v) is 6.38. The molecule has 7 nitrogen and oxygen atoms in total. The highest BCUT2D eigenvalue weighted by atomic mass is 19.4. The summed E-state index contributed by atoms with van der Waals surface area (Å²) in [5, 5.41) is 7.32. The minimum Gasteiger partial charge on any atom is -0.493 e. The number of ether oxygens (including phenoxy) is 2. The zero-order valence-corrected chi connectivity index (χ0v) is 20.5. The molecular formula is C26H26F5N3O4. The molecule has 2 aromatic carbocycles. The summed E-state index contributed by atoms with van der Waals surface area (Å²) in [6.45, 7) is 0.0385. The van der Waals surface area contributed by atoms with Gasteiger partial charge in [0, 0.05) is 24.1 Å². The second-order valence-electron chi connectivity index (χ2n) is 9.11. The standard InChI is InChI=1S/C26H26F5N3O4/c1-37-21-12-8-17(14-22(21)38-19-4-2-3-5-19)20-11-13-23(35)34(33-20)15-16-6-9-18(10-7-16)32-24(36)25(27,28)26(29,30)31/h6-10,12,14,19H,2-5,11,13,15H2,1H3,(H,32,36). The molecule has 12 heteroatoms. The molecule has 4 rings (SSSR count). The Labute approximate surface area is 215 Å². The first-order valence-electron chi connectivity index (χ1n) is 12.1. The number of methoxy groups -OCH3 is 1. The largest absolute Gasteiger partial charge is 0.493 e. The number of carbonyl (C=O) groups is 2. The second-order valence-corrected chi connectivity index (χ2v) is 9.11. The average Bonchev–Trinajstić information content (AvgIpc) is 3.39. The Balaban J connectivity index is 1.46. The van der Waals surface area contributed by atoms with Crippen molar-refractivity contribution in [1.82, 2.24) is 5.01 Å². The van der Waals surface area contributed by atoms with E-state index < -0.39 is 18.0 Å². The first kappa shape index (κ1) is 27.3. The molecule has 204 valence electrons. The molecule has 2 aliphatic rings. The fraction of sp³-hybridized carbons (Fsp3) is 0.423. The molecule has 1 saturated carbocycles. The van der Waals surface area contributed by atoms with E-state index in [-0.39, 0.29) is 30.7 Å². The van der Waals surface area contributed by atoms with E-state index in [0.29, 0.717) is 29.2 Å². The molecule has 1 aliphatic heterocycles. The Bertz CT molecular complexity index is 1210. The van der Waals surface area contributed by atoms with Gasteiger partial charge >= 0.3 is 18.0 Å². The van der Waals surface area contributed by atoms with Gasteiger partial charge in [0.1, 0.15) is 0 Å². The summed E-state index contributed by atoms with van der Waals surface area (Å²) in [5.74, 6) is -7.02. The van der Waals surface area contributed by atoms with E-state index in [1.165, 1.54) is 29.3 Å². The second kappa shape index (κ2) is 11.0. The van der Waals surface area contributed by atoms with Gasteiger partial charge in [0.25, 0.3) is 0 Å². The number of rotatable bonds is 8. The number of hydrazone groups is 1. The molecule has 0 saturated heterocycles. The first-order chi connectivity index (χ1) is 18.0. The Morgan fingerprint density at radius 3 is 2.34 bits per heavy atom. The summed E-state index contributed by atoms with van der Waals surface area (Å²) < 4.78 is 75.1. The lowest BCUT2D eigenvalue weighted by molar-refractivity contribution is -0.267. The van der Waals surface area contributed by atoms with Crippen molar-refractivity contribution in [3.63, 3.8) is 0 Å². The highest BCUT2D eigenvalue weighted by Crippen LogP contribution is 2.36. The van der Waals surface area contributed by atoms with Crippen molar-refractivity contribution in [3.05, 3.63) is 53.6 Å². The highest BCUT2D eigenvalue weighted by molar-refractivity contribution is 6.04. The predicted octanol–water partition coefficient (Wildman–Crippen LogP) is 5.68. The molecular weight excluding hydrogens is 513 g/mol. The smallest absolute Gasteiger partial charge is 0.463 e. The molecule has 1 N–H and O–H groups in total. The number of alkyl halides is 5. The summed E-state index contributed by atoms with van der Waals surface area (Å²) in [7, 11) is 1.56. The molecule has 38 heavy (non-hydrogen) atoms. The van der Waals surface area contributed by atoms with Gasteiger partial charge in [-0.05, 0) is 61.6 Å². The molecule has 1 fully saturated rings. The molecule has 1 aliphatic carbocycles. The zero-order chi connectivity index (χ0) is 27.5. The molecule has 0 aromatic heterocycles. The van der Waals surface area contributed by atoms with Crippen LogP contribution in [0.5, 0.6) is 11.5 Å². The summed E-state index contributed by atoms with van der Waals surface area (Å²) in [6, 6.07) is 10.6. The van der Waals surface area contributed by atoms with E-state index in [1.54, 1.807) is 18.5 Å². The van der Waals surface area contributed by atoms with Crippen molar-refractivity contribution in [1.29, 1.82) is 0 Å². The van der Waals surface area contributed by atoms with Crippen LogP contribution in [-0.4, -0.2) is 47.8 Å². The topological polar surface area (TPSA) is 80.2 Å². The number of carbonyl (C=O) groups excluding carboxylic acids is 2. The van der Waals surface area contributed by atoms with E-state index in [0.717, 1.165) is 31.2 Å². The fourth-order valence-corrected chi connectivity index (χ4v) is 4.27. The zero-order valence-electron chi connectivity index (χ0n) is 20.5. The van der Waals surface area contributed by atoms with Crippen LogP contribution >= 0.6 is 0 Å². The van der Waals surface area contributed by atoms with Crippen molar-refractivity contribution >= 4 is 23.2 Å². The minimum absolute atomic E-state index is 0.0385. The van der Waals surface area contributed by atoms with E-state index >= 15 is 0 Å². The molecule has 0 unspecified atom stereocenters. The molecule has 2 aromatic rings. The summed E-state index contributed by atoms with van der Waals surface area (Å²) in [5.41, 5.74) is 1.73. The number of hydrogen-bond donors (Lipinski definition) is 1. The van der Waals surface area contributed by atoms with Crippen molar-refractivity contribution < 1.29 is 41.0 Å². The lowest BCUT2D eigenvalue weighted by atomic mass is 10.0. The van der Waals surface area contributed by atoms with Gasteiger partial charge in [-0.25, -0.2) is 5.01 Å². The fourth-order valence-electron chi connectivity index (χ4n) is 4.27. The van der Waals surface area contributed by atoms with Gasteiger partial charge in [-0.2, -0.15) is 27.1 Å². The molecule has 0 atom stereocenters. The van der Waals surface area contributed by atoms with Crippen LogP contribution in [-0.2, 0) is 16.1 Å². The quantitative estimate of drug-likeness (QED) is 0.438. The van der Waals surface area contributed by atoms with Crippen LogP contribution in [0.25, 0.3) is 0 Å². The number of benzene rings is 2. The normalized spacial score (nSPS) is 16.8. The van der Waals surface area contributed by atoms with E-state index in [1.807, 2.05) is 12.1 Å². The first-order valence-corrected chi connectivity index (χ1v) is 12.1.